The number of nitrogens with zero attached hydrogens (tertiary/aromatic N) is 2. The van der Waals surface area contributed by atoms with Crippen molar-refractivity contribution in [3.63, 3.8) is 0 Å². The molecule has 2 saturated heterocycles. The second-order valence-electron chi connectivity index (χ2n) is 8.46. The lowest BCUT2D eigenvalue weighted by molar-refractivity contribution is -0.125. The molecule has 1 aromatic rings. The molecule has 1 saturated carbocycles. The van der Waals surface area contributed by atoms with Gasteiger partial charge in [0.2, 0.25) is 5.91 Å². The van der Waals surface area contributed by atoms with Crippen molar-refractivity contribution >= 4 is 24.0 Å². The Hall–Kier alpha value is -1.26. The summed E-state index contributed by atoms with van der Waals surface area (Å²) in [4.78, 5) is 17.8. The zero-order chi connectivity index (χ0) is 18.0. The van der Waals surface area contributed by atoms with Gasteiger partial charge in [0.25, 0.3) is 0 Å². The molecule has 0 bridgehead atoms. The van der Waals surface area contributed by atoms with Gasteiger partial charge in [-0.05, 0) is 56.6 Å². The molecular weight excluding hydrogens is 358 g/mol. The molecule has 1 aromatic carbocycles. The number of nitrogens with one attached hydrogen (secondary N) is 1. The van der Waals surface area contributed by atoms with Crippen LogP contribution in [-0.2, 0) is 4.79 Å². The standard InChI is InChI=1S/C22H33N3O.ClH/c1-2-6-18-9-11-19(12-10-18)24-15-13-22(14-16-24)21(26)23-17-25(22)20-7-4-3-5-8-20;/h3-5,7-8,18-19H,2,6,9-17H2,1H3,(H,23,26);1H. The number of halogens is 1. The maximum atomic E-state index is 12.8. The lowest BCUT2D eigenvalue weighted by Gasteiger charge is -2.46. The number of rotatable bonds is 4. The first kappa shape index (κ1) is 20.5. The molecule has 0 unspecified atom stereocenters. The number of amides is 1. The average Bonchev–Trinajstić information content (AvgIpc) is 3.00. The Morgan fingerprint density at radius 1 is 1.07 bits per heavy atom. The molecule has 0 radical (unpaired) electrons. The summed E-state index contributed by atoms with van der Waals surface area (Å²) < 4.78 is 0. The van der Waals surface area contributed by atoms with Crippen LogP contribution in [0.25, 0.3) is 0 Å². The van der Waals surface area contributed by atoms with E-state index in [0.717, 1.165) is 37.9 Å². The minimum atomic E-state index is -0.336. The molecule has 2 aliphatic heterocycles. The van der Waals surface area contributed by atoms with Crippen LogP contribution in [0, 0.1) is 5.92 Å². The van der Waals surface area contributed by atoms with E-state index in [4.69, 9.17) is 0 Å². The molecule has 3 aliphatic rings. The SMILES string of the molecule is CCCC1CCC(N2CCC3(CC2)C(=O)NCN3c2ccccc2)CC1.Cl. The van der Waals surface area contributed by atoms with E-state index in [9.17, 15) is 4.79 Å². The minimum absolute atomic E-state index is 0. The van der Waals surface area contributed by atoms with Crippen molar-refractivity contribution in [1.82, 2.24) is 10.2 Å². The number of carbonyl (C=O) groups excluding carboxylic acids is 1. The van der Waals surface area contributed by atoms with Crippen LogP contribution in [0.1, 0.15) is 58.3 Å². The van der Waals surface area contributed by atoms with Gasteiger partial charge in [-0.3, -0.25) is 4.79 Å². The summed E-state index contributed by atoms with van der Waals surface area (Å²) in [6.07, 6.45) is 10.1. The van der Waals surface area contributed by atoms with Gasteiger partial charge in [-0.2, -0.15) is 0 Å². The largest absolute Gasteiger partial charge is 0.339 e. The zero-order valence-corrected chi connectivity index (χ0v) is 17.3. The third-order valence-corrected chi connectivity index (χ3v) is 7.06. The Kier molecular flexibility index (Phi) is 6.69. The smallest absolute Gasteiger partial charge is 0.247 e. The molecule has 4 rings (SSSR count). The summed E-state index contributed by atoms with van der Waals surface area (Å²) in [6.45, 7) is 5.06. The van der Waals surface area contributed by atoms with Crippen molar-refractivity contribution in [2.24, 2.45) is 5.92 Å². The van der Waals surface area contributed by atoms with Crippen LogP contribution in [0.15, 0.2) is 30.3 Å². The first-order valence-electron chi connectivity index (χ1n) is 10.6. The van der Waals surface area contributed by atoms with Crippen LogP contribution in [0.5, 0.6) is 0 Å². The number of anilines is 1. The van der Waals surface area contributed by atoms with Crippen LogP contribution in [0.4, 0.5) is 5.69 Å². The Bertz CT molecular complexity index is 607. The molecule has 1 amide bonds. The van der Waals surface area contributed by atoms with Gasteiger partial charge in [0, 0.05) is 24.8 Å². The molecule has 1 N–H and O–H groups in total. The lowest BCUT2D eigenvalue weighted by Crippen LogP contribution is -2.58. The van der Waals surface area contributed by atoms with Crippen LogP contribution in [0.2, 0.25) is 0 Å². The zero-order valence-electron chi connectivity index (χ0n) is 16.5. The Labute approximate surface area is 170 Å². The van der Waals surface area contributed by atoms with Gasteiger partial charge in [0.15, 0.2) is 0 Å². The van der Waals surface area contributed by atoms with E-state index < -0.39 is 0 Å². The molecule has 3 fully saturated rings. The van der Waals surface area contributed by atoms with Gasteiger partial charge in [-0.1, -0.05) is 38.0 Å². The predicted molar refractivity (Wildman–Crippen MR) is 113 cm³/mol. The number of piperidine rings is 1. The first-order chi connectivity index (χ1) is 12.7. The second-order valence-corrected chi connectivity index (χ2v) is 8.46. The summed E-state index contributed by atoms with van der Waals surface area (Å²) in [5.41, 5.74) is 0.830. The highest BCUT2D eigenvalue weighted by Gasteiger charge is 2.50. The third kappa shape index (κ3) is 3.97. The predicted octanol–water partition coefficient (Wildman–Crippen LogP) is 4.20. The van der Waals surface area contributed by atoms with E-state index in [-0.39, 0.29) is 23.9 Å². The Morgan fingerprint density at radius 3 is 2.37 bits per heavy atom. The monoisotopic (exact) mass is 391 g/mol. The minimum Gasteiger partial charge on any atom is -0.339 e. The highest BCUT2D eigenvalue weighted by molar-refractivity contribution is 5.93. The van der Waals surface area contributed by atoms with Crippen molar-refractivity contribution in [2.75, 3.05) is 24.7 Å². The van der Waals surface area contributed by atoms with Gasteiger partial charge in [0.1, 0.15) is 5.54 Å². The van der Waals surface area contributed by atoms with E-state index in [2.05, 4.69) is 46.3 Å². The van der Waals surface area contributed by atoms with Crippen LogP contribution in [-0.4, -0.2) is 42.1 Å². The van der Waals surface area contributed by atoms with Gasteiger partial charge in [-0.25, -0.2) is 0 Å². The summed E-state index contributed by atoms with van der Waals surface area (Å²) in [6, 6.07) is 11.2. The van der Waals surface area contributed by atoms with Crippen molar-refractivity contribution in [3.05, 3.63) is 30.3 Å². The topological polar surface area (TPSA) is 35.6 Å². The van der Waals surface area contributed by atoms with Gasteiger partial charge in [0.05, 0.1) is 6.67 Å². The van der Waals surface area contributed by atoms with Crippen molar-refractivity contribution < 1.29 is 4.79 Å². The lowest BCUT2D eigenvalue weighted by atomic mass is 9.80. The first-order valence-corrected chi connectivity index (χ1v) is 10.6. The fraction of sp³-hybridized carbons (Fsp3) is 0.682. The summed E-state index contributed by atoms with van der Waals surface area (Å²) in [5.74, 6) is 1.19. The van der Waals surface area contributed by atoms with Gasteiger partial charge >= 0.3 is 0 Å². The molecule has 0 aromatic heterocycles. The molecule has 1 spiro atoms. The van der Waals surface area contributed by atoms with E-state index in [1.54, 1.807) is 0 Å². The highest BCUT2D eigenvalue weighted by Crippen LogP contribution is 2.38. The quantitative estimate of drug-likeness (QED) is 0.835. The van der Waals surface area contributed by atoms with E-state index >= 15 is 0 Å². The molecule has 1 aliphatic carbocycles. The summed E-state index contributed by atoms with van der Waals surface area (Å²) in [5, 5.41) is 3.11. The van der Waals surface area contributed by atoms with Crippen LogP contribution < -0.4 is 10.2 Å². The van der Waals surface area contributed by atoms with Crippen molar-refractivity contribution in [1.29, 1.82) is 0 Å². The van der Waals surface area contributed by atoms with E-state index in [1.165, 1.54) is 44.2 Å². The van der Waals surface area contributed by atoms with Crippen LogP contribution in [0.3, 0.4) is 0 Å². The van der Waals surface area contributed by atoms with Crippen molar-refractivity contribution in [3.8, 4) is 0 Å². The number of hydrogen-bond acceptors (Lipinski definition) is 3. The van der Waals surface area contributed by atoms with Crippen molar-refractivity contribution in [2.45, 2.75) is 69.9 Å². The molecule has 150 valence electrons. The van der Waals surface area contributed by atoms with E-state index in [0.29, 0.717) is 6.67 Å². The molecule has 4 nitrogen and oxygen atoms in total. The second kappa shape index (κ2) is 8.83. The summed E-state index contributed by atoms with van der Waals surface area (Å²) in [7, 11) is 0. The maximum absolute atomic E-state index is 12.8. The Morgan fingerprint density at radius 2 is 1.74 bits per heavy atom. The normalized spacial score (nSPS) is 28.0. The number of likely N-dealkylation sites (tertiary alicyclic amines) is 1. The fourth-order valence-corrected chi connectivity index (χ4v) is 5.50. The number of para-hydroxylation sites is 1. The van der Waals surface area contributed by atoms with Gasteiger partial charge < -0.3 is 15.1 Å². The third-order valence-electron chi connectivity index (χ3n) is 7.06. The summed E-state index contributed by atoms with van der Waals surface area (Å²) >= 11 is 0. The average molecular weight is 392 g/mol. The van der Waals surface area contributed by atoms with Gasteiger partial charge in [-0.15, -0.1) is 12.4 Å². The molecule has 5 heteroatoms. The fourth-order valence-electron chi connectivity index (χ4n) is 5.50. The van der Waals surface area contributed by atoms with E-state index in [1.807, 2.05) is 6.07 Å². The number of hydrogen-bond donors (Lipinski definition) is 1. The molecule has 2 heterocycles. The molecule has 27 heavy (non-hydrogen) atoms. The highest BCUT2D eigenvalue weighted by atomic mass is 35.5. The number of carbonyl (C=O) groups is 1. The Balaban J connectivity index is 0.00000210. The molecular formula is C22H34ClN3O. The van der Waals surface area contributed by atoms with Crippen LogP contribution >= 0.6 is 12.4 Å². The number of benzene rings is 1. The maximum Gasteiger partial charge on any atom is 0.247 e. The molecule has 0 atom stereocenters.